The first kappa shape index (κ1) is 14.6. The highest BCUT2D eigenvalue weighted by Gasteiger charge is 2.36. The number of nitrogens with zero attached hydrogens (tertiary/aromatic N) is 4. The Bertz CT molecular complexity index is 524. The van der Waals surface area contributed by atoms with E-state index in [0.29, 0.717) is 12.1 Å². The van der Waals surface area contributed by atoms with Crippen molar-refractivity contribution < 1.29 is 4.79 Å². The zero-order chi connectivity index (χ0) is 15.0. The summed E-state index contributed by atoms with van der Waals surface area (Å²) in [6.07, 6.45) is 5.60. The van der Waals surface area contributed by atoms with E-state index in [-0.39, 0.29) is 5.91 Å². The van der Waals surface area contributed by atoms with Crippen molar-refractivity contribution in [2.75, 3.05) is 20.1 Å². The average molecular weight is 290 g/mol. The van der Waals surface area contributed by atoms with Crippen molar-refractivity contribution in [1.29, 1.82) is 0 Å². The van der Waals surface area contributed by atoms with Crippen LogP contribution in [0.4, 0.5) is 0 Å². The third-order valence-electron chi connectivity index (χ3n) is 5.09. The molecule has 0 spiro atoms. The van der Waals surface area contributed by atoms with E-state index < -0.39 is 0 Å². The molecule has 1 aromatic heterocycles. The number of aromatic nitrogens is 2. The molecule has 1 aromatic rings. The fourth-order valence-electron chi connectivity index (χ4n) is 3.76. The Morgan fingerprint density at radius 2 is 2.05 bits per heavy atom. The zero-order valence-corrected chi connectivity index (χ0v) is 13.4. The second kappa shape index (κ2) is 5.79. The summed E-state index contributed by atoms with van der Waals surface area (Å²) < 4.78 is 1.75. The molecular weight excluding hydrogens is 264 g/mol. The molecule has 2 bridgehead atoms. The molecule has 0 radical (unpaired) electrons. The highest BCUT2D eigenvalue weighted by Crippen LogP contribution is 2.29. The van der Waals surface area contributed by atoms with Gasteiger partial charge in [-0.2, -0.15) is 5.10 Å². The maximum absolute atomic E-state index is 12.8. The lowest BCUT2D eigenvalue weighted by Gasteiger charge is -2.25. The average Bonchev–Trinajstić information content (AvgIpc) is 2.90. The van der Waals surface area contributed by atoms with E-state index in [1.807, 2.05) is 18.0 Å². The van der Waals surface area contributed by atoms with Gasteiger partial charge in [-0.05, 0) is 38.8 Å². The highest BCUT2D eigenvalue weighted by molar-refractivity contribution is 5.92. The molecule has 0 N–H and O–H groups in total. The number of hydrogen-bond donors (Lipinski definition) is 0. The summed E-state index contributed by atoms with van der Waals surface area (Å²) in [6, 6.07) is 3.17. The summed E-state index contributed by atoms with van der Waals surface area (Å²) in [6.45, 7) is 3.87. The molecule has 21 heavy (non-hydrogen) atoms. The van der Waals surface area contributed by atoms with Gasteiger partial charge in [-0.15, -0.1) is 0 Å². The minimum Gasteiger partial charge on any atom is -0.336 e. The molecule has 2 atom stereocenters. The number of carbonyl (C=O) groups is 1. The van der Waals surface area contributed by atoms with Crippen LogP contribution in [0, 0.1) is 0 Å². The summed E-state index contributed by atoms with van der Waals surface area (Å²) >= 11 is 0. The van der Waals surface area contributed by atoms with Gasteiger partial charge in [0, 0.05) is 32.2 Å². The maximum Gasteiger partial charge on any atom is 0.272 e. The van der Waals surface area contributed by atoms with Gasteiger partial charge in [0.05, 0.1) is 5.69 Å². The minimum atomic E-state index is 0.147. The first-order chi connectivity index (χ1) is 10.1. The summed E-state index contributed by atoms with van der Waals surface area (Å²) in [5.74, 6) is 0.147. The molecule has 0 aromatic carbocycles. The van der Waals surface area contributed by atoms with E-state index >= 15 is 0 Å². The second-order valence-electron chi connectivity index (χ2n) is 6.48. The van der Waals surface area contributed by atoms with Gasteiger partial charge in [0.15, 0.2) is 0 Å². The molecule has 2 fully saturated rings. The molecule has 2 aliphatic rings. The topological polar surface area (TPSA) is 41.4 Å². The Balaban J connectivity index is 1.76. The van der Waals surface area contributed by atoms with Crippen LogP contribution in [-0.4, -0.2) is 57.7 Å². The molecule has 1 amide bonds. The van der Waals surface area contributed by atoms with E-state index in [1.54, 1.807) is 4.68 Å². The largest absolute Gasteiger partial charge is 0.336 e. The first-order valence-electron chi connectivity index (χ1n) is 8.14. The zero-order valence-electron chi connectivity index (χ0n) is 13.4. The Morgan fingerprint density at radius 1 is 1.29 bits per heavy atom. The van der Waals surface area contributed by atoms with E-state index in [1.165, 1.54) is 12.8 Å². The molecule has 0 unspecified atom stereocenters. The van der Waals surface area contributed by atoms with Crippen molar-refractivity contribution in [2.45, 2.75) is 51.1 Å². The van der Waals surface area contributed by atoms with E-state index in [4.69, 9.17) is 0 Å². The molecule has 0 saturated carbocycles. The number of carbonyl (C=O) groups excluding carboxylic acids is 1. The third-order valence-corrected chi connectivity index (χ3v) is 5.09. The summed E-state index contributed by atoms with van der Waals surface area (Å²) in [5, 5.41) is 4.46. The summed E-state index contributed by atoms with van der Waals surface area (Å²) in [5.41, 5.74) is 1.76. The number of rotatable bonds is 3. The number of amides is 1. The lowest BCUT2D eigenvalue weighted by atomic mass is 10.1. The predicted octanol–water partition coefficient (Wildman–Crippen LogP) is 1.68. The Hall–Kier alpha value is -1.36. The van der Waals surface area contributed by atoms with Crippen molar-refractivity contribution in [3.63, 3.8) is 0 Å². The van der Waals surface area contributed by atoms with Crippen LogP contribution in [0.1, 0.15) is 48.8 Å². The minimum absolute atomic E-state index is 0.147. The Labute approximate surface area is 126 Å². The van der Waals surface area contributed by atoms with E-state index in [2.05, 4.69) is 24.0 Å². The van der Waals surface area contributed by atoms with Crippen LogP contribution < -0.4 is 0 Å². The smallest absolute Gasteiger partial charge is 0.272 e. The molecule has 2 saturated heterocycles. The summed E-state index contributed by atoms with van der Waals surface area (Å²) in [7, 11) is 4.09. The van der Waals surface area contributed by atoms with E-state index in [9.17, 15) is 4.79 Å². The normalized spacial score (nSPS) is 26.1. The lowest BCUT2D eigenvalue weighted by molar-refractivity contribution is 0.0729. The van der Waals surface area contributed by atoms with Gasteiger partial charge < -0.3 is 4.90 Å². The molecule has 3 rings (SSSR count). The Morgan fingerprint density at radius 3 is 2.81 bits per heavy atom. The van der Waals surface area contributed by atoms with Crippen molar-refractivity contribution >= 4 is 5.91 Å². The molecule has 5 nitrogen and oxygen atoms in total. The SMILES string of the molecule is CCCc1cc(C(=O)N2CC[C@@H]3CC[C@H](C2)N3C)n(C)n1. The van der Waals surface area contributed by atoms with Crippen molar-refractivity contribution in [2.24, 2.45) is 7.05 Å². The fraction of sp³-hybridized carbons (Fsp3) is 0.750. The molecule has 2 aliphatic heterocycles. The maximum atomic E-state index is 12.8. The van der Waals surface area contributed by atoms with E-state index in [0.717, 1.165) is 43.7 Å². The van der Waals surface area contributed by atoms with Crippen LogP contribution in [0.3, 0.4) is 0 Å². The van der Waals surface area contributed by atoms with Crippen molar-refractivity contribution in [1.82, 2.24) is 19.6 Å². The number of fused-ring (bicyclic) bond motifs is 2. The quantitative estimate of drug-likeness (QED) is 0.850. The van der Waals surface area contributed by atoms with Gasteiger partial charge >= 0.3 is 0 Å². The number of aryl methyl sites for hydroxylation is 2. The van der Waals surface area contributed by atoms with Crippen LogP contribution in [0.5, 0.6) is 0 Å². The Kier molecular flexibility index (Phi) is 4.02. The molecule has 0 aliphatic carbocycles. The van der Waals surface area contributed by atoms with Crippen LogP contribution >= 0.6 is 0 Å². The van der Waals surface area contributed by atoms with Gasteiger partial charge in [-0.25, -0.2) is 0 Å². The van der Waals surface area contributed by atoms with Crippen LogP contribution in [0.25, 0.3) is 0 Å². The number of likely N-dealkylation sites (N-methyl/N-ethyl adjacent to an activating group) is 1. The molecular formula is C16H26N4O. The second-order valence-corrected chi connectivity index (χ2v) is 6.48. The molecule has 116 valence electrons. The number of hydrogen-bond acceptors (Lipinski definition) is 3. The molecule has 3 heterocycles. The van der Waals surface area contributed by atoms with Crippen molar-refractivity contribution in [3.8, 4) is 0 Å². The standard InChI is InChI=1S/C16H26N4O/c1-4-5-12-10-15(19(3)17-12)16(21)20-9-8-13-6-7-14(11-20)18(13)2/h10,13-14H,4-9,11H2,1-3H3/t13-,14+/m0/s1. The van der Waals surface area contributed by atoms with Crippen LogP contribution in [-0.2, 0) is 13.5 Å². The lowest BCUT2D eigenvalue weighted by Crippen LogP contribution is -2.40. The number of likely N-dealkylation sites (tertiary alicyclic amines) is 1. The van der Waals surface area contributed by atoms with Crippen LogP contribution in [0.2, 0.25) is 0 Å². The van der Waals surface area contributed by atoms with Gasteiger partial charge in [0.2, 0.25) is 0 Å². The van der Waals surface area contributed by atoms with Gasteiger partial charge in [-0.1, -0.05) is 13.3 Å². The van der Waals surface area contributed by atoms with Crippen LogP contribution in [0.15, 0.2) is 6.07 Å². The predicted molar refractivity (Wildman–Crippen MR) is 82.3 cm³/mol. The summed E-state index contributed by atoms with van der Waals surface area (Å²) in [4.78, 5) is 17.3. The third kappa shape index (κ3) is 2.71. The van der Waals surface area contributed by atoms with Gasteiger partial charge in [0.25, 0.3) is 5.91 Å². The fourth-order valence-corrected chi connectivity index (χ4v) is 3.76. The highest BCUT2D eigenvalue weighted by atomic mass is 16.2. The van der Waals surface area contributed by atoms with Gasteiger partial charge in [0.1, 0.15) is 5.69 Å². The first-order valence-corrected chi connectivity index (χ1v) is 8.14. The van der Waals surface area contributed by atoms with Gasteiger partial charge in [-0.3, -0.25) is 14.4 Å². The monoisotopic (exact) mass is 290 g/mol. The van der Waals surface area contributed by atoms with Crippen molar-refractivity contribution in [3.05, 3.63) is 17.5 Å². The molecule has 5 heteroatoms.